The summed E-state index contributed by atoms with van der Waals surface area (Å²) >= 11 is 0. The number of ether oxygens (including phenoxy) is 1. The molecule has 1 aliphatic heterocycles. The molecule has 2 heterocycles. The van der Waals surface area contributed by atoms with Crippen LogP contribution in [-0.2, 0) is 9.53 Å². The van der Waals surface area contributed by atoms with E-state index in [2.05, 4.69) is 20.1 Å². The number of hydrogen-bond acceptors (Lipinski definition) is 6. The van der Waals surface area contributed by atoms with Gasteiger partial charge in [0, 0.05) is 38.1 Å². The van der Waals surface area contributed by atoms with Crippen molar-refractivity contribution in [2.75, 3.05) is 49.5 Å². The van der Waals surface area contributed by atoms with E-state index in [0.29, 0.717) is 18.7 Å². The van der Waals surface area contributed by atoms with Crippen LogP contribution in [0.15, 0.2) is 36.5 Å². The molecule has 1 aromatic carbocycles. The fraction of sp³-hybridized carbons (Fsp3) is 0.409. The Bertz CT molecular complexity index is 859. The zero-order valence-electron chi connectivity index (χ0n) is 17.3. The van der Waals surface area contributed by atoms with Gasteiger partial charge in [0.15, 0.2) is 0 Å². The second kappa shape index (κ2) is 9.52. The number of amides is 1. The number of nitrogens with zero attached hydrogens (tertiary/aromatic N) is 3. The van der Waals surface area contributed by atoms with Crippen LogP contribution in [0.4, 0.5) is 11.5 Å². The molecule has 0 aliphatic carbocycles. The highest BCUT2D eigenvalue weighted by Crippen LogP contribution is 2.18. The normalized spacial score (nSPS) is 14.5. The quantitative estimate of drug-likeness (QED) is 0.757. The summed E-state index contributed by atoms with van der Waals surface area (Å²) in [7, 11) is 0. The van der Waals surface area contributed by atoms with Crippen LogP contribution in [0, 0.1) is 13.8 Å². The number of hydrogen-bond donors (Lipinski definition) is 1. The van der Waals surface area contributed by atoms with Gasteiger partial charge in [0.2, 0.25) is 5.91 Å². The summed E-state index contributed by atoms with van der Waals surface area (Å²) in [4.78, 5) is 32.9. The lowest BCUT2D eigenvalue weighted by atomic mass is 10.1. The van der Waals surface area contributed by atoms with Gasteiger partial charge >= 0.3 is 5.97 Å². The fourth-order valence-corrected chi connectivity index (χ4v) is 3.32. The molecule has 1 aromatic heterocycles. The van der Waals surface area contributed by atoms with E-state index >= 15 is 0 Å². The molecule has 1 fully saturated rings. The van der Waals surface area contributed by atoms with Crippen molar-refractivity contribution in [2.45, 2.75) is 20.8 Å². The highest BCUT2D eigenvalue weighted by Gasteiger charge is 2.20. The molecule has 1 amide bonds. The van der Waals surface area contributed by atoms with Crippen molar-refractivity contribution in [1.29, 1.82) is 0 Å². The fourth-order valence-electron chi connectivity index (χ4n) is 3.32. The summed E-state index contributed by atoms with van der Waals surface area (Å²) in [6.07, 6.45) is 1.55. The minimum Gasteiger partial charge on any atom is -0.462 e. The maximum absolute atomic E-state index is 12.4. The van der Waals surface area contributed by atoms with E-state index in [1.165, 1.54) is 0 Å². The molecule has 7 nitrogen and oxygen atoms in total. The molecule has 7 heteroatoms. The van der Waals surface area contributed by atoms with E-state index < -0.39 is 0 Å². The molecule has 0 radical (unpaired) electrons. The number of pyridine rings is 1. The van der Waals surface area contributed by atoms with Gasteiger partial charge in [-0.25, -0.2) is 9.78 Å². The van der Waals surface area contributed by atoms with Crippen LogP contribution in [0.5, 0.6) is 0 Å². The van der Waals surface area contributed by atoms with Crippen molar-refractivity contribution in [3.63, 3.8) is 0 Å². The molecule has 0 atom stereocenters. The predicted octanol–water partition coefficient (Wildman–Crippen LogP) is 2.64. The lowest BCUT2D eigenvalue weighted by molar-refractivity contribution is -0.117. The molecule has 3 rings (SSSR count). The van der Waals surface area contributed by atoms with E-state index in [0.717, 1.165) is 48.8 Å². The van der Waals surface area contributed by atoms with Crippen molar-refractivity contribution < 1.29 is 14.3 Å². The van der Waals surface area contributed by atoms with Gasteiger partial charge in [-0.15, -0.1) is 0 Å². The third-order valence-electron chi connectivity index (χ3n) is 5.20. The molecule has 0 saturated carbocycles. The largest absolute Gasteiger partial charge is 0.462 e. The van der Waals surface area contributed by atoms with Crippen LogP contribution >= 0.6 is 0 Å². The first-order valence-corrected chi connectivity index (χ1v) is 9.94. The topological polar surface area (TPSA) is 74.8 Å². The average molecular weight is 396 g/mol. The summed E-state index contributed by atoms with van der Waals surface area (Å²) in [6, 6.07) is 9.51. The first-order chi connectivity index (χ1) is 14.0. The van der Waals surface area contributed by atoms with Gasteiger partial charge in [0.1, 0.15) is 5.82 Å². The van der Waals surface area contributed by atoms with Crippen LogP contribution in [0.1, 0.15) is 28.4 Å². The number of piperazine rings is 1. The Morgan fingerprint density at radius 2 is 1.86 bits per heavy atom. The Kier molecular flexibility index (Phi) is 6.82. The lowest BCUT2D eigenvalue weighted by Crippen LogP contribution is -2.49. The second-order valence-corrected chi connectivity index (χ2v) is 7.18. The third-order valence-corrected chi connectivity index (χ3v) is 5.20. The molecule has 0 bridgehead atoms. The highest BCUT2D eigenvalue weighted by atomic mass is 16.5. The summed E-state index contributed by atoms with van der Waals surface area (Å²) in [5.41, 5.74) is 3.60. The van der Waals surface area contributed by atoms with Crippen LogP contribution in [0.2, 0.25) is 0 Å². The third kappa shape index (κ3) is 5.32. The number of carbonyl (C=O) groups excluding carboxylic acids is 2. The number of rotatable bonds is 6. The van der Waals surface area contributed by atoms with Crippen molar-refractivity contribution in [3.05, 3.63) is 53.2 Å². The van der Waals surface area contributed by atoms with Gasteiger partial charge in [0.05, 0.1) is 18.7 Å². The van der Waals surface area contributed by atoms with Crippen LogP contribution in [-0.4, -0.2) is 61.1 Å². The second-order valence-electron chi connectivity index (χ2n) is 7.18. The van der Waals surface area contributed by atoms with Gasteiger partial charge in [0.25, 0.3) is 0 Å². The van der Waals surface area contributed by atoms with Gasteiger partial charge in [-0.05, 0) is 50.1 Å². The number of carbonyl (C=O) groups is 2. The van der Waals surface area contributed by atoms with Crippen molar-refractivity contribution in [3.8, 4) is 0 Å². The Morgan fingerprint density at radius 3 is 2.52 bits per heavy atom. The maximum atomic E-state index is 12.4. The van der Waals surface area contributed by atoms with Gasteiger partial charge < -0.3 is 15.0 Å². The number of benzene rings is 1. The Morgan fingerprint density at radius 1 is 1.10 bits per heavy atom. The van der Waals surface area contributed by atoms with Gasteiger partial charge in [-0.2, -0.15) is 0 Å². The first kappa shape index (κ1) is 20.8. The monoisotopic (exact) mass is 396 g/mol. The summed E-state index contributed by atoms with van der Waals surface area (Å²) in [6.45, 7) is 9.67. The molecular weight excluding hydrogens is 368 g/mol. The first-order valence-electron chi connectivity index (χ1n) is 9.94. The number of esters is 1. The minimum atomic E-state index is -0.355. The van der Waals surface area contributed by atoms with E-state index in [1.807, 2.05) is 38.1 Å². The lowest BCUT2D eigenvalue weighted by Gasteiger charge is -2.35. The molecule has 29 heavy (non-hydrogen) atoms. The molecule has 0 spiro atoms. The average Bonchev–Trinajstić information content (AvgIpc) is 2.72. The number of anilines is 2. The van der Waals surface area contributed by atoms with Crippen molar-refractivity contribution in [2.24, 2.45) is 0 Å². The molecule has 0 unspecified atom stereocenters. The smallest absolute Gasteiger partial charge is 0.339 e. The molecule has 1 N–H and O–H groups in total. The maximum Gasteiger partial charge on any atom is 0.339 e. The molecule has 1 saturated heterocycles. The number of aryl methyl sites for hydroxylation is 1. The predicted molar refractivity (Wildman–Crippen MR) is 113 cm³/mol. The minimum absolute atomic E-state index is 0.00376. The van der Waals surface area contributed by atoms with Crippen LogP contribution in [0.3, 0.4) is 0 Å². The zero-order valence-corrected chi connectivity index (χ0v) is 17.3. The number of aromatic nitrogens is 1. The summed E-state index contributed by atoms with van der Waals surface area (Å²) in [5, 5.41) is 3.02. The van der Waals surface area contributed by atoms with Crippen LogP contribution < -0.4 is 10.2 Å². The van der Waals surface area contributed by atoms with E-state index in [1.54, 1.807) is 19.2 Å². The van der Waals surface area contributed by atoms with E-state index in [9.17, 15) is 9.59 Å². The SMILES string of the molecule is CCOC(=O)c1ccc(N2CCN(CC(=O)Nc3cccc(C)c3C)CC2)nc1. The van der Waals surface area contributed by atoms with Gasteiger partial charge in [-0.3, -0.25) is 9.69 Å². The molecule has 2 aromatic rings. The number of nitrogens with one attached hydrogen (secondary N) is 1. The Hall–Kier alpha value is -2.93. The Labute approximate surface area is 171 Å². The van der Waals surface area contributed by atoms with Crippen LogP contribution in [0.25, 0.3) is 0 Å². The summed E-state index contributed by atoms with van der Waals surface area (Å²) < 4.78 is 4.98. The Balaban J connectivity index is 1.49. The highest BCUT2D eigenvalue weighted by molar-refractivity contribution is 5.93. The van der Waals surface area contributed by atoms with Crippen molar-refractivity contribution in [1.82, 2.24) is 9.88 Å². The van der Waals surface area contributed by atoms with Gasteiger partial charge in [-0.1, -0.05) is 12.1 Å². The van der Waals surface area contributed by atoms with Crippen molar-refractivity contribution >= 4 is 23.4 Å². The standard InChI is InChI=1S/C22H28N4O3/c1-4-29-22(28)18-8-9-20(23-14-18)26-12-10-25(11-13-26)15-21(27)24-19-7-5-6-16(2)17(19)3/h5-9,14H,4,10-13,15H2,1-3H3,(H,24,27). The molecule has 154 valence electrons. The van der Waals surface area contributed by atoms with E-state index in [4.69, 9.17) is 4.74 Å². The zero-order chi connectivity index (χ0) is 20.8. The van der Waals surface area contributed by atoms with E-state index in [-0.39, 0.29) is 11.9 Å². The molecular formula is C22H28N4O3. The summed E-state index contributed by atoms with van der Waals surface area (Å²) in [5.74, 6) is 0.479. The molecule has 1 aliphatic rings.